The standard InChI is InChI=1S/C13H13N3OS2/c1-3-19-11(14-2)8-16-12(17)9-6-4-5-7-10(9)15-13(16)18/h3-7H,1,8H2,2H3,(H,15,18). The van der Waals surface area contributed by atoms with E-state index >= 15 is 0 Å². The summed E-state index contributed by atoms with van der Waals surface area (Å²) in [6.45, 7) is 4.00. The summed E-state index contributed by atoms with van der Waals surface area (Å²) in [6, 6.07) is 7.31. The Balaban J connectivity index is 2.58. The van der Waals surface area contributed by atoms with Crippen molar-refractivity contribution >= 4 is 39.9 Å². The monoisotopic (exact) mass is 291 g/mol. The second kappa shape index (κ2) is 5.99. The van der Waals surface area contributed by atoms with E-state index in [-0.39, 0.29) is 5.56 Å². The van der Waals surface area contributed by atoms with Gasteiger partial charge in [0.25, 0.3) is 5.56 Å². The molecule has 2 aromatic rings. The van der Waals surface area contributed by atoms with Crippen LogP contribution in [-0.4, -0.2) is 21.6 Å². The van der Waals surface area contributed by atoms with Crippen LogP contribution in [-0.2, 0) is 6.54 Å². The molecule has 0 saturated carbocycles. The van der Waals surface area contributed by atoms with E-state index < -0.39 is 0 Å². The van der Waals surface area contributed by atoms with Gasteiger partial charge in [-0.15, -0.1) is 0 Å². The Labute approximate surface area is 119 Å². The molecule has 0 bridgehead atoms. The van der Waals surface area contributed by atoms with Crippen molar-refractivity contribution in [2.45, 2.75) is 6.54 Å². The number of aromatic nitrogens is 2. The molecule has 0 amide bonds. The Bertz CT molecular complexity index is 758. The first-order chi connectivity index (χ1) is 9.17. The van der Waals surface area contributed by atoms with E-state index in [9.17, 15) is 4.79 Å². The fraction of sp³-hybridized carbons (Fsp3) is 0.154. The SMILES string of the molecule is C=CSC(Cn1c(=S)[nH]c2ccccc2c1=O)=NC. The highest BCUT2D eigenvalue weighted by Crippen LogP contribution is 2.09. The number of aliphatic imine (C=N–C) groups is 1. The van der Waals surface area contributed by atoms with Gasteiger partial charge in [0.05, 0.1) is 22.5 Å². The molecule has 0 radical (unpaired) electrons. The Morgan fingerprint density at radius 3 is 3.00 bits per heavy atom. The minimum atomic E-state index is -0.106. The summed E-state index contributed by atoms with van der Waals surface area (Å²) >= 11 is 6.62. The number of hydrogen-bond donors (Lipinski definition) is 1. The molecule has 19 heavy (non-hydrogen) atoms. The van der Waals surface area contributed by atoms with E-state index in [1.807, 2.05) is 18.2 Å². The summed E-state index contributed by atoms with van der Waals surface area (Å²) in [5.41, 5.74) is 0.644. The fourth-order valence-electron chi connectivity index (χ4n) is 1.73. The molecular formula is C13H13N3OS2. The van der Waals surface area contributed by atoms with E-state index in [4.69, 9.17) is 12.2 Å². The van der Waals surface area contributed by atoms with E-state index in [0.29, 0.717) is 16.7 Å². The summed E-state index contributed by atoms with van der Waals surface area (Å²) in [5, 5.41) is 3.09. The zero-order valence-electron chi connectivity index (χ0n) is 10.4. The number of fused-ring (bicyclic) bond motifs is 1. The maximum Gasteiger partial charge on any atom is 0.262 e. The molecule has 1 aromatic heterocycles. The van der Waals surface area contributed by atoms with Crippen LogP contribution in [0.1, 0.15) is 0 Å². The Morgan fingerprint density at radius 2 is 2.32 bits per heavy atom. The Morgan fingerprint density at radius 1 is 1.58 bits per heavy atom. The Kier molecular flexibility index (Phi) is 4.34. The molecule has 0 aliphatic heterocycles. The van der Waals surface area contributed by atoms with Crippen LogP contribution in [0.15, 0.2) is 46.0 Å². The number of nitrogens with one attached hydrogen (secondary N) is 1. The third-order valence-corrected chi connectivity index (χ3v) is 3.72. The van der Waals surface area contributed by atoms with Gasteiger partial charge in [0, 0.05) is 7.05 Å². The van der Waals surface area contributed by atoms with E-state index in [0.717, 1.165) is 10.6 Å². The van der Waals surface area contributed by atoms with Crippen LogP contribution in [0.4, 0.5) is 0 Å². The minimum absolute atomic E-state index is 0.106. The molecule has 4 nitrogen and oxygen atoms in total. The van der Waals surface area contributed by atoms with Gasteiger partial charge in [-0.3, -0.25) is 14.4 Å². The molecule has 98 valence electrons. The molecule has 0 aliphatic carbocycles. The number of hydrogen-bond acceptors (Lipinski definition) is 4. The van der Waals surface area contributed by atoms with E-state index in [1.54, 1.807) is 18.5 Å². The first-order valence-electron chi connectivity index (χ1n) is 5.62. The average molecular weight is 291 g/mol. The second-order valence-corrected chi connectivity index (χ2v) is 5.20. The molecule has 0 unspecified atom stereocenters. The highest BCUT2D eigenvalue weighted by atomic mass is 32.2. The zero-order chi connectivity index (χ0) is 13.8. The van der Waals surface area contributed by atoms with Crippen molar-refractivity contribution in [1.29, 1.82) is 0 Å². The van der Waals surface area contributed by atoms with E-state index in [1.165, 1.54) is 16.3 Å². The molecule has 0 atom stereocenters. The van der Waals surface area contributed by atoms with Crippen molar-refractivity contribution in [3.05, 3.63) is 51.4 Å². The summed E-state index contributed by atoms with van der Waals surface area (Å²) in [7, 11) is 1.69. The van der Waals surface area contributed by atoms with Crippen molar-refractivity contribution in [2.75, 3.05) is 7.05 Å². The van der Waals surface area contributed by atoms with Crippen LogP contribution in [0.3, 0.4) is 0 Å². The second-order valence-electron chi connectivity index (χ2n) is 3.77. The predicted octanol–water partition coefficient (Wildman–Crippen LogP) is 2.96. The molecule has 0 aliphatic rings. The van der Waals surface area contributed by atoms with Crippen LogP contribution < -0.4 is 5.56 Å². The fourth-order valence-corrected chi connectivity index (χ4v) is 2.49. The van der Waals surface area contributed by atoms with Crippen molar-refractivity contribution in [2.24, 2.45) is 4.99 Å². The van der Waals surface area contributed by atoms with Gasteiger partial charge >= 0.3 is 0 Å². The minimum Gasteiger partial charge on any atom is -0.332 e. The molecule has 0 saturated heterocycles. The summed E-state index contributed by atoms with van der Waals surface area (Å²) in [6.07, 6.45) is 0. The number of aromatic amines is 1. The average Bonchev–Trinajstić information content (AvgIpc) is 2.42. The van der Waals surface area contributed by atoms with Crippen LogP contribution >= 0.6 is 24.0 Å². The lowest BCUT2D eigenvalue weighted by Gasteiger charge is -2.08. The highest BCUT2D eigenvalue weighted by Gasteiger charge is 2.07. The van der Waals surface area contributed by atoms with Crippen molar-refractivity contribution in [3.63, 3.8) is 0 Å². The maximum atomic E-state index is 12.4. The summed E-state index contributed by atoms with van der Waals surface area (Å²) in [5.74, 6) is 0. The molecule has 0 spiro atoms. The van der Waals surface area contributed by atoms with Gasteiger partial charge in [0.2, 0.25) is 0 Å². The largest absolute Gasteiger partial charge is 0.332 e. The molecule has 0 fully saturated rings. The quantitative estimate of drug-likeness (QED) is 0.537. The summed E-state index contributed by atoms with van der Waals surface area (Å²) < 4.78 is 1.91. The van der Waals surface area contributed by atoms with Crippen molar-refractivity contribution in [1.82, 2.24) is 9.55 Å². The molecule has 2 rings (SSSR count). The Hall–Kier alpha value is -1.66. The van der Waals surface area contributed by atoms with Gasteiger partial charge in [-0.25, -0.2) is 0 Å². The van der Waals surface area contributed by atoms with Crippen LogP contribution in [0, 0.1) is 4.77 Å². The van der Waals surface area contributed by atoms with Gasteiger partial charge in [-0.05, 0) is 29.8 Å². The topological polar surface area (TPSA) is 50.1 Å². The zero-order valence-corrected chi connectivity index (χ0v) is 12.1. The number of H-pyrrole nitrogens is 1. The molecule has 1 aromatic carbocycles. The third kappa shape index (κ3) is 2.85. The number of para-hydroxylation sites is 1. The number of benzene rings is 1. The lowest BCUT2D eigenvalue weighted by molar-refractivity contribution is 0.781. The van der Waals surface area contributed by atoms with Crippen LogP contribution in [0.2, 0.25) is 0 Å². The first-order valence-corrected chi connectivity index (χ1v) is 6.91. The molecule has 1 heterocycles. The third-order valence-electron chi connectivity index (χ3n) is 2.65. The van der Waals surface area contributed by atoms with Gasteiger partial charge in [0.1, 0.15) is 0 Å². The van der Waals surface area contributed by atoms with Gasteiger partial charge in [-0.2, -0.15) is 0 Å². The number of nitrogens with zero attached hydrogens (tertiary/aromatic N) is 2. The maximum absolute atomic E-state index is 12.4. The summed E-state index contributed by atoms with van der Waals surface area (Å²) in [4.78, 5) is 19.6. The molecule has 6 heteroatoms. The molecule has 1 N–H and O–H groups in total. The first kappa shape index (κ1) is 13.8. The van der Waals surface area contributed by atoms with Crippen LogP contribution in [0.5, 0.6) is 0 Å². The lowest BCUT2D eigenvalue weighted by atomic mass is 10.2. The number of thioether (sulfide) groups is 1. The highest BCUT2D eigenvalue weighted by molar-refractivity contribution is 8.16. The van der Waals surface area contributed by atoms with Crippen molar-refractivity contribution in [3.8, 4) is 0 Å². The smallest absolute Gasteiger partial charge is 0.262 e. The van der Waals surface area contributed by atoms with Gasteiger partial charge in [0.15, 0.2) is 4.77 Å². The lowest BCUT2D eigenvalue weighted by Crippen LogP contribution is -2.25. The number of rotatable bonds is 3. The van der Waals surface area contributed by atoms with E-state index in [2.05, 4.69) is 16.6 Å². The van der Waals surface area contributed by atoms with Gasteiger partial charge < -0.3 is 4.98 Å². The normalized spacial score (nSPS) is 11.7. The molecular weight excluding hydrogens is 278 g/mol. The van der Waals surface area contributed by atoms with Crippen molar-refractivity contribution < 1.29 is 0 Å². The van der Waals surface area contributed by atoms with Gasteiger partial charge in [-0.1, -0.05) is 30.5 Å². The van der Waals surface area contributed by atoms with Crippen LogP contribution in [0.25, 0.3) is 10.9 Å². The predicted molar refractivity (Wildman–Crippen MR) is 84.5 cm³/mol.